The van der Waals surface area contributed by atoms with Gasteiger partial charge in [-0.2, -0.15) is 0 Å². The Labute approximate surface area is 190 Å². The van der Waals surface area contributed by atoms with Gasteiger partial charge in [-0.1, -0.05) is 38.5 Å². The summed E-state index contributed by atoms with van der Waals surface area (Å²) in [5, 5.41) is 19.4. The van der Waals surface area contributed by atoms with Crippen molar-refractivity contribution in [1.82, 2.24) is 25.8 Å². The molecule has 31 heavy (non-hydrogen) atoms. The van der Waals surface area contributed by atoms with Crippen LogP contribution in [0.4, 0.5) is 0 Å². The van der Waals surface area contributed by atoms with Crippen LogP contribution < -0.4 is 16.0 Å². The lowest BCUT2D eigenvalue weighted by Crippen LogP contribution is -2.54. The van der Waals surface area contributed by atoms with Gasteiger partial charge in [0.2, 0.25) is 0 Å². The normalized spacial score (nSPS) is 21.2. The molecule has 2 aliphatic carbocycles. The fourth-order valence-corrected chi connectivity index (χ4v) is 6.17. The van der Waals surface area contributed by atoms with E-state index in [1.165, 1.54) is 54.7 Å². The van der Waals surface area contributed by atoms with Gasteiger partial charge in [-0.25, -0.2) is 4.98 Å². The zero-order chi connectivity index (χ0) is 21.6. The standard InChI is InChI=1S/C23H38N6OS/c1-16(26-21(30)22-28-19-12-13-25-14-20(19)31-22)15-29(18-10-6-3-7-11-18)23(24)27-17-8-4-2-5-9-17/h16-18,25H,2-15H2,1H3,(H2,24,27)(H,26,30). The van der Waals surface area contributed by atoms with Crippen molar-refractivity contribution >= 4 is 23.2 Å². The van der Waals surface area contributed by atoms with Gasteiger partial charge in [-0.05, 0) is 32.6 Å². The van der Waals surface area contributed by atoms with Gasteiger partial charge in [0.05, 0.1) is 5.69 Å². The molecule has 0 bridgehead atoms. The predicted molar refractivity (Wildman–Crippen MR) is 126 cm³/mol. The third-order valence-corrected chi connectivity index (χ3v) is 7.99. The lowest BCUT2D eigenvalue weighted by Gasteiger charge is -2.39. The molecule has 8 heteroatoms. The van der Waals surface area contributed by atoms with Crippen molar-refractivity contribution in [2.24, 2.45) is 0 Å². The first kappa shape index (κ1) is 22.5. The van der Waals surface area contributed by atoms with E-state index < -0.39 is 0 Å². The molecule has 172 valence electrons. The second-order valence-corrected chi connectivity index (χ2v) is 10.5. The van der Waals surface area contributed by atoms with Crippen molar-refractivity contribution in [3.8, 4) is 0 Å². The van der Waals surface area contributed by atoms with Gasteiger partial charge in [0.1, 0.15) is 0 Å². The summed E-state index contributed by atoms with van der Waals surface area (Å²) in [7, 11) is 0. The molecule has 2 fully saturated rings. The number of nitrogens with one attached hydrogen (secondary N) is 4. The Balaban J connectivity index is 1.37. The number of fused-ring (bicyclic) bond motifs is 1. The van der Waals surface area contributed by atoms with Crippen LogP contribution in [-0.2, 0) is 13.0 Å². The Bertz CT molecular complexity index is 730. The lowest BCUT2D eigenvalue weighted by molar-refractivity contribution is 0.0928. The first-order valence-electron chi connectivity index (χ1n) is 12.2. The highest BCUT2D eigenvalue weighted by atomic mass is 32.1. The summed E-state index contributed by atoms with van der Waals surface area (Å²) in [6.07, 6.45) is 13.1. The van der Waals surface area contributed by atoms with Gasteiger partial charge >= 0.3 is 0 Å². The summed E-state index contributed by atoms with van der Waals surface area (Å²) < 4.78 is 0. The maximum atomic E-state index is 12.8. The van der Waals surface area contributed by atoms with Gasteiger partial charge in [0, 0.05) is 49.1 Å². The summed E-state index contributed by atoms with van der Waals surface area (Å²) >= 11 is 1.51. The zero-order valence-corrected chi connectivity index (χ0v) is 19.7. The number of amides is 1. The second-order valence-electron chi connectivity index (χ2n) is 9.46. The molecule has 1 aromatic rings. The number of guanidine groups is 1. The molecule has 1 amide bonds. The molecule has 0 saturated heterocycles. The minimum absolute atomic E-state index is 0.0398. The number of carbonyl (C=O) groups excluding carboxylic acids is 1. The molecule has 0 spiro atoms. The SMILES string of the molecule is CC(CN(C(=N)NC1CCCCC1)C1CCCCC1)NC(=O)c1nc2c(s1)CNCC2. The van der Waals surface area contributed by atoms with Crippen LogP contribution in [0.1, 0.15) is 91.5 Å². The van der Waals surface area contributed by atoms with E-state index in [0.29, 0.717) is 29.6 Å². The molecular formula is C23H38N6OS. The average molecular weight is 447 g/mol. The molecule has 1 atom stereocenters. The maximum absolute atomic E-state index is 12.8. The largest absolute Gasteiger partial charge is 0.354 e. The second kappa shape index (κ2) is 10.8. The van der Waals surface area contributed by atoms with Crippen LogP contribution in [0.5, 0.6) is 0 Å². The quantitative estimate of drug-likeness (QED) is 0.397. The molecule has 0 radical (unpaired) electrons. The topological polar surface area (TPSA) is 93.1 Å². The summed E-state index contributed by atoms with van der Waals surface area (Å²) in [6.45, 7) is 4.47. The Morgan fingerprint density at radius 1 is 1.19 bits per heavy atom. The van der Waals surface area contributed by atoms with E-state index in [9.17, 15) is 4.79 Å². The average Bonchev–Trinajstić information content (AvgIpc) is 3.23. The van der Waals surface area contributed by atoms with Gasteiger partial charge in [-0.15, -0.1) is 11.3 Å². The molecule has 4 rings (SSSR count). The summed E-state index contributed by atoms with van der Waals surface area (Å²) in [6, 6.07) is 0.782. The molecule has 1 aliphatic heterocycles. The highest BCUT2D eigenvalue weighted by Gasteiger charge is 2.28. The lowest BCUT2D eigenvalue weighted by atomic mass is 9.93. The summed E-state index contributed by atoms with van der Waals surface area (Å²) in [5.74, 6) is 0.470. The maximum Gasteiger partial charge on any atom is 0.280 e. The molecular weight excluding hydrogens is 408 g/mol. The molecule has 7 nitrogen and oxygen atoms in total. The van der Waals surface area contributed by atoms with Gasteiger partial charge in [-0.3, -0.25) is 10.2 Å². The fourth-order valence-electron chi connectivity index (χ4n) is 5.19. The minimum atomic E-state index is -0.0812. The van der Waals surface area contributed by atoms with Crippen molar-refractivity contribution in [3.05, 3.63) is 15.6 Å². The smallest absolute Gasteiger partial charge is 0.280 e. The molecule has 1 aromatic heterocycles. The fraction of sp³-hybridized carbons (Fsp3) is 0.783. The third kappa shape index (κ3) is 5.98. The molecule has 1 unspecified atom stereocenters. The van der Waals surface area contributed by atoms with Crippen LogP contribution in [0.3, 0.4) is 0 Å². The van der Waals surface area contributed by atoms with Crippen LogP contribution >= 0.6 is 11.3 Å². The molecule has 3 aliphatic rings. The monoisotopic (exact) mass is 446 g/mol. The highest BCUT2D eigenvalue weighted by molar-refractivity contribution is 7.13. The number of hydrogen-bond donors (Lipinski definition) is 4. The summed E-state index contributed by atoms with van der Waals surface area (Å²) in [5.41, 5.74) is 1.07. The Hall–Kier alpha value is -1.67. The van der Waals surface area contributed by atoms with Crippen molar-refractivity contribution < 1.29 is 4.79 Å². The number of carbonyl (C=O) groups is 1. The Kier molecular flexibility index (Phi) is 7.82. The van der Waals surface area contributed by atoms with Crippen LogP contribution in [0.2, 0.25) is 0 Å². The van der Waals surface area contributed by atoms with E-state index >= 15 is 0 Å². The molecule has 4 N–H and O–H groups in total. The first-order chi connectivity index (χ1) is 15.1. The Morgan fingerprint density at radius 2 is 1.90 bits per heavy atom. The number of hydrogen-bond acceptors (Lipinski definition) is 5. The minimum Gasteiger partial charge on any atom is -0.354 e. The number of aromatic nitrogens is 1. The van der Waals surface area contributed by atoms with E-state index in [1.807, 2.05) is 0 Å². The van der Waals surface area contributed by atoms with Gasteiger partial charge in [0.15, 0.2) is 11.0 Å². The van der Waals surface area contributed by atoms with Gasteiger partial charge in [0.25, 0.3) is 5.91 Å². The Morgan fingerprint density at radius 3 is 2.61 bits per heavy atom. The molecule has 0 aromatic carbocycles. The predicted octanol–water partition coefficient (Wildman–Crippen LogP) is 3.40. The number of rotatable bonds is 6. The van der Waals surface area contributed by atoms with Crippen LogP contribution in [-0.4, -0.2) is 53.0 Å². The summed E-state index contributed by atoms with van der Waals surface area (Å²) in [4.78, 5) is 20.8. The van der Waals surface area contributed by atoms with Crippen molar-refractivity contribution in [3.63, 3.8) is 0 Å². The zero-order valence-electron chi connectivity index (χ0n) is 18.8. The van der Waals surface area contributed by atoms with Crippen molar-refractivity contribution in [2.75, 3.05) is 13.1 Å². The molecule has 2 saturated carbocycles. The van der Waals surface area contributed by atoms with Crippen LogP contribution in [0.15, 0.2) is 0 Å². The number of thiazole rings is 1. The molecule has 2 heterocycles. The van der Waals surface area contributed by atoms with Crippen LogP contribution in [0, 0.1) is 5.41 Å². The number of nitrogens with zero attached hydrogens (tertiary/aromatic N) is 2. The van der Waals surface area contributed by atoms with E-state index in [2.05, 4.69) is 32.8 Å². The van der Waals surface area contributed by atoms with Crippen LogP contribution in [0.25, 0.3) is 0 Å². The van der Waals surface area contributed by atoms with E-state index in [-0.39, 0.29) is 11.9 Å². The van der Waals surface area contributed by atoms with E-state index in [4.69, 9.17) is 5.41 Å². The highest BCUT2D eigenvalue weighted by Crippen LogP contribution is 2.24. The van der Waals surface area contributed by atoms with E-state index in [1.54, 1.807) is 0 Å². The van der Waals surface area contributed by atoms with Crippen molar-refractivity contribution in [1.29, 1.82) is 5.41 Å². The van der Waals surface area contributed by atoms with E-state index in [0.717, 1.165) is 50.9 Å². The van der Waals surface area contributed by atoms with Crippen molar-refractivity contribution in [2.45, 2.75) is 102 Å². The third-order valence-electron chi connectivity index (χ3n) is 6.89. The first-order valence-corrected chi connectivity index (χ1v) is 13.0. The van der Waals surface area contributed by atoms with Gasteiger partial charge < -0.3 is 20.9 Å².